The van der Waals surface area contributed by atoms with Gasteiger partial charge in [0, 0.05) is 11.1 Å². The first-order valence-corrected chi connectivity index (χ1v) is 10.0. The normalized spacial score (nSPS) is 12.9. The summed E-state index contributed by atoms with van der Waals surface area (Å²) in [7, 11) is 0. The van der Waals surface area contributed by atoms with Gasteiger partial charge in [0.25, 0.3) is 0 Å². The summed E-state index contributed by atoms with van der Waals surface area (Å²) in [5.74, 6) is 0. The average molecular weight is 398 g/mol. The SMILES string of the molecule is NC(c1ccccc1)C(NC(=S)Nc1cccc2ccccc12)c1ccccc1. The number of nitrogens with one attached hydrogen (secondary N) is 2. The fourth-order valence-electron chi connectivity index (χ4n) is 3.54. The highest BCUT2D eigenvalue weighted by molar-refractivity contribution is 7.80. The molecule has 4 aromatic carbocycles. The van der Waals surface area contributed by atoms with Crippen LogP contribution in [-0.4, -0.2) is 5.11 Å². The third-order valence-electron chi connectivity index (χ3n) is 5.03. The summed E-state index contributed by atoms with van der Waals surface area (Å²) in [5, 5.41) is 9.63. The monoisotopic (exact) mass is 397 g/mol. The number of rotatable bonds is 5. The summed E-state index contributed by atoms with van der Waals surface area (Å²) < 4.78 is 0. The second-order valence-corrected chi connectivity index (χ2v) is 7.36. The molecule has 0 saturated heterocycles. The van der Waals surface area contributed by atoms with Crippen molar-refractivity contribution < 1.29 is 0 Å². The van der Waals surface area contributed by atoms with Crippen molar-refractivity contribution in [2.75, 3.05) is 5.32 Å². The first kappa shape index (κ1) is 19.1. The predicted molar refractivity (Wildman–Crippen MR) is 126 cm³/mol. The zero-order valence-electron chi connectivity index (χ0n) is 16.0. The van der Waals surface area contributed by atoms with E-state index in [2.05, 4.69) is 41.0 Å². The van der Waals surface area contributed by atoms with Crippen LogP contribution in [0.15, 0.2) is 103 Å². The van der Waals surface area contributed by atoms with Gasteiger partial charge < -0.3 is 16.4 Å². The van der Waals surface area contributed by atoms with E-state index in [1.807, 2.05) is 72.8 Å². The van der Waals surface area contributed by atoms with Gasteiger partial charge in [-0.1, -0.05) is 97.1 Å². The first-order valence-electron chi connectivity index (χ1n) is 9.63. The van der Waals surface area contributed by atoms with Gasteiger partial charge >= 0.3 is 0 Å². The number of thiocarbonyl (C=S) groups is 1. The lowest BCUT2D eigenvalue weighted by Crippen LogP contribution is -2.38. The third-order valence-corrected chi connectivity index (χ3v) is 5.25. The number of anilines is 1. The van der Waals surface area contributed by atoms with Crippen LogP contribution in [0.2, 0.25) is 0 Å². The van der Waals surface area contributed by atoms with Crippen LogP contribution in [-0.2, 0) is 0 Å². The van der Waals surface area contributed by atoms with Crippen LogP contribution in [0.5, 0.6) is 0 Å². The molecule has 0 aromatic heterocycles. The van der Waals surface area contributed by atoms with Crippen molar-refractivity contribution in [1.29, 1.82) is 0 Å². The molecular weight excluding hydrogens is 374 g/mol. The molecule has 4 heteroatoms. The maximum absolute atomic E-state index is 6.65. The number of hydrogen-bond acceptors (Lipinski definition) is 2. The third kappa shape index (κ3) is 4.45. The maximum atomic E-state index is 6.65. The summed E-state index contributed by atoms with van der Waals surface area (Å²) in [4.78, 5) is 0. The Labute approximate surface area is 176 Å². The summed E-state index contributed by atoms with van der Waals surface area (Å²) in [6, 6.07) is 34.3. The van der Waals surface area contributed by atoms with Crippen molar-refractivity contribution in [3.05, 3.63) is 114 Å². The number of nitrogens with two attached hydrogens (primary N) is 1. The van der Waals surface area contributed by atoms with Gasteiger partial charge in [-0.05, 0) is 34.8 Å². The van der Waals surface area contributed by atoms with Crippen molar-refractivity contribution in [2.24, 2.45) is 5.73 Å². The van der Waals surface area contributed by atoms with Crippen LogP contribution >= 0.6 is 12.2 Å². The van der Waals surface area contributed by atoms with Crippen LogP contribution in [0.1, 0.15) is 23.2 Å². The summed E-state index contributed by atoms with van der Waals surface area (Å²) >= 11 is 5.67. The molecule has 0 spiro atoms. The lowest BCUT2D eigenvalue weighted by atomic mass is 9.94. The Morgan fingerprint density at radius 2 is 1.28 bits per heavy atom. The molecule has 0 fully saturated rings. The van der Waals surface area contributed by atoms with Crippen LogP contribution in [0.4, 0.5) is 5.69 Å². The van der Waals surface area contributed by atoms with Crippen LogP contribution in [0.25, 0.3) is 10.8 Å². The Morgan fingerprint density at radius 1 is 0.690 bits per heavy atom. The first-order chi connectivity index (χ1) is 14.2. The van der Waals surface area contributed by atoms with E-state index < -0.39 is 0 Å². The van der Waals surface area contributed by atoms with Crippen molar-refractivity contribution in [3.63, 3.8) is 0 Å². The van der Waals surface area contributed by atoms with Gasteiger partial charge in [-0.3, -0.25) is 0 Å². The summed E-state index contributed by atoms with van der Waals surface area (Å²) in [6.45, 7) is 0. The Hall–Kier alpha value is -3.21. The van der Waals surface area contributed by atoms with E-state index in [9.17, 15) is 0 Å². The zero-order valence-corrected chi connectivity index (χ0v) is 16.8. The molecule has 4 aromatic rings. The predicted octanol–water partition coefficient (Wildman–Crippen LogP) is 5.57. The molecule has 0 aliphatic heterocycles. The Morgan fingerprint density at radius 3 is 2.00 bits per heavy atom. The molecule has 0 aliphatic rings. The minimum atomic E-state index is -0.245. The minimum absolute atomic E-state index is 0.159. The molecule has 2 atom stereocenters. The lowest BCUT2D eigenvalue weighted by Gasteiger charge is -2.27. The standard InChI is InChI=1S/C25H23N3S/c26-23(19-11-3-1-4-12-19)24(20-13-5-2-6-14-20)28-25(29)27-22-17-9-15-18-10-7-8-16-21(18)22/h1-17,23-24H,26H2,(H2,27,28,29). The smallest absolute Gasteiger partial charge is 0.171 e. The van der Waals surface area contributed by atoms with Crippen LogP contribution in [0, 0.1) is 0 Å². The fraction of sp³-hybridized carbons (Fsp3) is 0.0800. The molecule has 4 N–H and O–H groups in total. The highest BCUT2D eigenvalue weighted by atomic mass is 32.1. The molecule has 3 nitrogen and oxygen atoms in total. The fourth-order valence-corrected chi connectivity index (χ4v) is 3.78. The maximum Gasteiger partial charge on any atom is 0.171 e. The van der Waals surface area contributed by atoms with Gasteiger partial charge in [-0.15, -0.1) is 0 Å². The zero-order chi connectivity index (χ0) is 20.1. The van der Waals surface area contributed by atoms with Gasteiger partial charge in [-0.25, -0.2) is 0 Å². The summed E-state index contributed by atoms with van der Waals surface area (Å²) in [5.41, 5.74) is 9.77. The van der Waals surface area contributed by atoms with Crippen molar-refractivity contribution in [3.8, 4) is 0 Å². The van der Waals surface area contributed by atoms with Gasteiger partial charge in [-0.2, -0.15) is 0 Å². The highest BCUT2D eigenvalue weighted by Gasteiger charge is 2.22. The molecule has 2 unspecified atom stereocenters. The van der Waals surface area contributed by atoms with Crippen molar-refractivity contribution >= 4 is 33.8 Å². The van der Waals surface area contributed by atoms with E-state index in [0.717, 1.165) is 22.2 Å². The molecule has 0 heterocycles. The molecule has 29 heavy (non-hydrogen) atoms. The molecule has 0 saturated carbocycles. The highest BCUT2D eigenvalue weighted by Crippen LogP contribution is 2.28. The number of fused-ring (bicyclic) bond motifs is 1. The van der Waals surface area contributed by atoms with E-state index in [1.54, 1.807) is 0 Å². The molecule has 144 valence electrons. The Bertz CT molecular complexity index is 1090. The lowest BCUT2D eigenvalue weighted by molar-refractivity contribution is 0.527. The van der Waals surface area contributed by atoms with Gasteiger partial charge in [0.2, 0.25) is 0 Å². The van der Waals surface area contributed by atoms with Crippen molar-refractivity contribution in [1.82, 2.24) is 5.32 Å². The average Bonchev–Trinajstić information content (AvgIpc) is 2.78. The topological polar surface area (TPSA) is 50.1 Å². The number of benzene rings is 4. The largest absolute Gasteiger partial charge is 0.354 e. The molecule has 0 radical (unpaired) electrons. The van der Waals surface area contributed by atoms with Gasteiger partial charge in [0.15, 0.2) is 5.11 Å². The Balaban J connectivity index is 1.59. The number of hydrogen-bond donors (Lipinski definition) is 3. The van der Waals surface area contributed by atoms with Crippen LogP contribution in [0.3, 0.4) is 0 Å². The van der Waals surface area contributed by atoms with E-state index >= 15 is 0 Å². The van der Waals surface area contributed by atoms with Gasteiger partial charge in [0.05, 0.1) is 12.1 Å². The van der Waals surface area contributed by atoms with E-state index in [0.29, 0.717) is 5.11 Å². The quantitative estimate of drug-likeness (QED) is 0.386. The van der Waals surface area contributed by atoms with Gasteiger partial charge in [0.1, 0.15) is 0 Å². The minimum Gasteiger partial charge on any atom is -0.354 e. The molecule has 0 aliphatic carbocycles. The summed E-state index contributed by atoms with van der Waals surface area (Å²) in [6.07, 6.45) is 0. The molecule has 4 rings (SSSR count). The second-order valence-electron chi connectivity index (χ2n) is 6.95. The van der Waals surface area contributed by atoms with Crippen molar-refractivity contribution in [2.45, 2.75) is 12.1 Å². The van der Waals surface area contributed by atoms with Crippen LogP contribution < -0.4 is 16.4 Å². The van der Waals surface area contributed by atoms with E-state index in [4.69, 9.17) is 18.0 Å². The second kappa shape index (κ2) is 8.86. The Kier molecular flexibility index (Phi) is 5.84. The molecule has 0 bridgehead atoms. The molecular formula is C25H23N3S. The van der Waals surface area contributed by atoms with E-state index in [1.165, 1.54) is 5.39 Å². The van der Waals surface area contributed by atoms with E-state index in [-0.39, 0.29) is 12.1 Å². The molecule has 0 amide bonds.